The Kier molecular flexibility index (Phi) is 5.89. The van der Waals surface area contributed by atoms with Crippen LogP contribution in [0.4, 0.5) is 10.2 Å². The number of fused-ring (bicyclic) bond motifs is 1. The first-order valence-electron chi connectivity index (χ1n) is 10.8. The van der Waals surface area contributed by atoms with Crippen LogP contribution in [-0.4, -0.2) is 52.6 Å². The minimum Gasteiger partial charge on any atom is -0.439 e. The van der Waals surface area contributed by atoms with Gasteiger partial charge in [0.2, 0.25) is 5.88 Å². The van der Waals surface area contributed by atoms with Gasteiger partial charge in [-0.15, -0.1) is 0 Å². The number of piperazine rings is 1. The topological polar surface area (TPSA) is 54.4 Å². The molecule has 0 spiro atoms. The molecular formula is C25H24FN5O. The van der Waals surface area contributed by atoms with E-state index in [2.05, 4.69) is 24.8 Å². The van der Waals surface area contributed by atoms with E-state index in [1.165, 1.54) is 12.1 Å². The summed E-state index contributed by atoms with van der Waals surface area (Å²) < 4.78 is 19.1. The molecule has 0 atom stereocenters. The first-order chi connectivity index (χ1) is 15.7. The smallest absolute Gasteiger partial charge is 0.224 e. The second-order valence-corrected chi connectivity index (χ2v) is 7.88. The first-order valence-corrected chi connectivity index (χ1v) is 10.8. The molecule has 0 amide bonds. The maximum absolute atomic E-state index is 13.1. The van der Waals surface area contributed by atoms with Gasteiger partial charge < -0.3 is 9.64 Å². The van der Waals surface area contributed by atoms with E-state index in [4.69, 9.17) is 4.74 Å². The van der Waals surface area contributed by atoms with E-state index < -0.39 is 0 Å². The summed E-state index contributed by atoms with van der Waals surface area (Å²) in [6, 6.07) is 18.4. The van der Waals surface area contributed by atoms with Crippen LogP contribution in [0.25, 0.3) is 10.9 Å². The Morgan fingerprint density at radius 1 is 0.875 bits per heavy atom. The van der Waals surface area contributed by atoms with Crippen molar-refractivity contribution in [2.24, 2.45) is 0 Å². The lowest BCUT2D eigenvalue weighted by Gasteiger charge is -2.35. The highest BCUT2D eigenvalue weighted by atomic mass is 19.1. The third-order valence-corrected chi connectivity index (χ3v) is 5.75. The normalized spacial score (nSPS) is 14.6. The van der Waals surface area contributed by atoms with Gasteiger partial charge in [-0.05, 0) is 48.4 Å². The Hall–Kier alpha value is -3.58. The molecule has 162 valence electrons. The number of rotatable bonds is 6. The highest BCUT2D eigenvalue weighted by Crippen LogP contribution is 2.25. The molecule has 7 heteroatoms. The van der Waals surface area contributed by atoms with E-state index in [1.807, 2.05) is 48.5 Å². The number of aromatic nitrogens is 3. The average molecular weight is 429 g/mol. The van der Waals surface area contributed by atoms with Crippen LogP contribution >= 0.6 is 0 Å². The second kappa shape index (κ2) is 9.28. The van der Waals surface area contributed by atoms with Gasteiger partial charge in [0.05, 0.1) is 5.52 Å². The highest BCUT2D eigenvalue weighted by molar-refractivity contribution is 5.79. The van der Waals surface area contributed by atoms with Gasteiger partial charge in [0.1, 0.15) is 23.7 Å². The number of anilines is 1. The minimum atomic E-state index is -0.187. The van der Waals surface area contributed by atoms with E-state index in [0.717, 1.165) is 67.2 Å². The third kappa shape index (κ3) is 4.84. The van der Waals surface area contributed by atoms with Crippen molar-refractivity contribution in [3.05, 3.63) is 84.6 Å². The van der Waals surface area contributed by atoms with E-state index in [0.29, 0.717) is 5.88 Å². The summed E-state index contributed by atoms with van der Waals surface area (Å²) in [5, 5.41) is 1.02. The first kappa shape index (κ1) is 20.3. The monoisotopic (exact) mass is 429 g/mol. The molecule has 0 aliphatic carbocycles. The molecular weight excluding hydrogens is 405 g/mol. The predicted octanol–water partition coefficient (Wildman–Crippen LogP) is 4.32. The van der Waals surface area contributed by atoms with Crippen LogP contribution in [0, 0.1) is 5.82 Å². The zero-order valence-electron chi connectivity index (χ0n) is 17.7. The summed E-state index contributed by atoms with van der Waals surface area (Å²) in [5.74, 6) is 1.93. The molecule has 1 aliphatic rings. The molecule has 3 heterocycles. The number of hydrogen-bond donors (Lipinski definition) is 0. The van der Waals surface area contributed by atoms with E-state index >= 15 is 0 Å². The molecule has 0 radical (unpaired) electrons. The van der Waals surface area contributed by atoms with Gasteiger partial charge in [0.25, 0.3) is 0 Å². The van der Waals surface area contributed by atoms with Crippen molar-refractivity contribution in [2.75, 3.05) is 37.6 Å². The van der Waals surface area contributed by atoms with E-state index in [1.54, 1.807) is 12.5 Å². The standard InChI is InChI=1S/C25H24FN5O/c26-21-5-3-19(4-6-21)9-11-30-12-14-31(15-13-30)24-17-25(29-18-28-24)32-22-7-8-23-20(16-22)2-1-10-27-23/h1-8,10,16-18H,9,11-15H2. The molecule has 0 bridgehead atoms. The quantitative estimate of drug-likeness (QED) is 0.455. The molecule has 2 aromatic carbocycles. The largest absolute Gasteiger partial charge is 0.439 e. The fourth-order valence-electron chi connectivity index (χ4n) is 3.94. The SMILES string of the molecule is Fc1ccc(CCN2CCN(c3cc(Oc4ccc5ncccc5c4)ncn3)CC2)cc1. The van der Waals surface area contributed by atoms with Gasteiger partial charge in [-0.2, -0.15) is 0 Å². The fourth-order valence-corrected chi connectivity index (χ4v) is 3.94. The Morgan fingerprint density at radius 3 is 2.56 bits per heavy atom. The van der Waals surface area contributed by atoms with Crippen LogP contribution in [-0.2, 0) is 6.42 Å². The average Bonchev–Trinajstić information content (AvgIpc) is 2.84. The van der Waals surface area contributed by atoms with Crippen molar-refractivity contribution < 1.29 is 9.13 Å². The summed E-state index contributed by atoms with van der Waals surface area (Å²) in [6.07, 6.45) is 4.25. The molecule has 0 saturated carbocycles. The molecule has 2 aromatic heterocycles. The van der Waals surface area contributed by atoms with Crippen molar-refractivity contribution in [1.29, 1.82) is 0 Å². The zero-order chi connectivity index (χ0) is 21.8. The minimum absolute atomic E-state index is 0.187. The molecule has 0 unspecified atom stereocenters. The molecule has 4 aromatic rings. The number of hydrogen-bond acceptors (Lipinski definition) is 6. The molecule has 5 rings (SSSR count). The van der Waals surface area contributed by atoms with Crippen LogP contribution in [0.15, 0.2) is 73.2 Å². The maximum atomic E-state index is 13.1. The van der Waals surface area contributed by atoms with Crippen molar-refractivity contribution >= 4 is 16.7 Å². The van der Waals surface area contributed by atoms with Crippen molar-refractivity contribution in [3.8, 4) is 11.6 Å². The lowest BCUT2D eigenvalue weighted by atomic mass is 10.1. The lowest BCUT2D eigenvalue weighted by Crippen LogP contribution is -2.47. The molecule has 32 heavy (non-hydrogen) atoms. The summed E-state index contributed by atoms with van der Waals surface area (Å²) in [5.41, 5.74) is 2.09. The highest BCUT2D eigenvalue weighted by Gasteiger charge is 2.18. The van der Waals surface area contributed by atoms with Crippen LogP contribution in [0.5, 0.6) is 11.6 Å². The second-order valence-electron chi connectivity index (χ2n) is 7.88. The van der Waals surface area contributed by atoms with Crippen molar-refractivity contribution in [2.45, 2.75) is 6.42 Å². The molecule has 6 nitrogen and oxygen atoms in total. The Labute approximate surface area is 186 Å². The summed E-state index contributed by atoms with van der Waals surface area (Å²) >= 11 is 0. The van der Waals surface area contributed by atoms with Crippen LogP contribution in [0.3, 0.4) is 0 Å². The Balaban J connectivity index is 1.18. The Morgan fingerprint density at radius 2 is 1.72 bits per heavy atom. The third-order valence-electron chi connectivity index (χ3n) is 5.75. The lowest BCUT2D eigenvalue weighted by molar-refractivity contribution is 0.260. The zero-order valence-corrected chi connectivity index (χ0v) is 17.7. The van der Waals surface area contributed by atoms with Crippen LogP contribution < -0.4 is 9.64 Å². The van der Waals surface area contributed by atoms with Gasteiger partial charge in [-0.25, -0.2) is 14.4 Å². The Bertz CT molecular complexity index is 1190. The molecule has 1 fully saturated rings. The molecule has 0 N–H and O–H groups in total. The summed E-state index contributed by atoms with van der Waals surface area (Å²) in [6.45, 7) is 4.66. The molecule has 1 aliphatic heterocycles. The van der Waals surface area contributed by atoms with Gasteiger partial charge in [0, 0.05) is 50.4 Å². The number of benzene rings is 2. The van der Waals surface area contributed by atoms with Crippen molar-refractivity contribution in [3.63, 3.8) is 0 Å². The summed E-state index contributed by atoms with van der Waals surface area (Å²) in [4.78, 5) is 17.8. The maximum Gasteiger partial charge on any atom is 0.224 e. The summed E-state index contributed by atoms with van der Waals surface area (Å²) in [7, 11) is 0. The van der Waals surface area contributed by atoms with Crippen molar-refractivity contribution in [1.82, 2.24) is 19.9 Å². The fraction of sp³-hybridized carbons (Fsp3) is 0.240. The number of pyridine rings is 1. The number of nitrogens with zero attached hydrogens (tertiary/aromatic N) is 5. The van der Waals surface area contributed by atoms with Crippen LogP contribution in [0.2, 0.25) is 0 Å². The van der Waals surface area contributed by atoms with Gasteiger partial charge >= 0.3 is 0 Å². The van der Waals surface area contributed by atoms with E-state index in [-0.39, 0.29) is 5.82 Å². The van der Waals surface area contributed by atoms with Gasteiger partial charge in [-0.1, -0.05) is 18.2 Å². The number of halogens is 1. The van der Waals surface area contributed by atoms with E-state index in [9.17, 15) is 4.39 Å². The van der Waals surface area contributed by atoms with Crippen LogP contribution in [0.1, 0.15) is 5.56 Å². The number of ether oxygens (including phenoxy) is 1. The molecule has 1 saturated heterocycles. The van der Waals surface area contributed by atoms with Gasteiger partial charge in [-0.3, -0.25) is 9.88 Å². The van der Waals surface area contributed by atoms with Gasteiger partial charge in [0.15, 0.2) is 0 Å². The predicted molar refractivity (Wildman–Crippen MR) is 123 cm³/mol.